The van der Waals surface area contributed by atoms with Gasteiger partial charge in [0.1, 0.15) is 5.57 Å². The lowest BCUT2D eigenvalue weighted by Gasteiger charge is -2.33. The monoisotopic (exact) mass is 348 g/mol. The zero-order chi connectivity index (χ0) is 17.9. The normalized spacial score (nSPS) is 17.8. The van der Waals surface area contributed by atoms with Crippen molar-refractivity contribution in [3.05, 3.63) is 29.3 Å². The number of hydrogen-bond acceptors (Lipinski definition) is 5. The molecular formula is C17H20N2O4S. The number of amides is 2. The summed E-state index contributed by atoms with van der Waals surface area (Å²) in [4.78, 5) is 26.3. The molecule has 0 radical (unpaired) electrons. The van der Waals surface area contributed by atoms with E-state index in [9.17, 15) is 9.59 Å². The topological polar surface area (TPSA) is 67.9 Å². The molecule has 0 unspecified atom stereocenters. The van der Waals surface area contributed by atoms with E-state index >= 15 is 0 Å². The Kier molecular flexibility index (Phi) is 5.56. The van der Waals surface area contributed by atoms with Crippen LogP contribution in [0.4, 0.5) is 0 Å². The van der Waals surface area contributed by atoms with Crippen molar-refractivity contribution in [2.75, 3.05) is 14.2 Å². The highest BCUT2D eigenvalue weighted by Gasteiger charge is 2.35. The van der Waals surface area contributed by atoms with E-state index in [-0.39, 0.29) is 16.7 Å². The summed E-state index contributed by atoms with van der Waals surface area (Å²) in [5.41, 5.74) is 0.694. The summed E-state index contributed by atoms with van der Waals surface area (Å²) in [6.07, 6.45) is 2.25. The number of methoxy groups -OCH3 is 2. The zero-order valence-corrected chi connectivity index (χ0v) is 14.9. The quantitative estimate of drug-likeness (QED) is 0.502. The van der Waals surface area contributed by atoms with Gasteiger partial charge in [0.2, 0.25) is 0 Å². The van der Waals surface area contributed by atoms with Crippen molar-refractivity contribution in [1.29, 1.82) is 0 Å². The molecule has 1 fully saturated rings. The third-order valence-corrected chi connectivity index (χ3v) is 4.18. The lowest BCUT2D eigenvalue weighted by Crippen LogP contribution is -2.56. The summed E-state index contributed by atoms with van der Waals surface area (Å²) in [7, 11) is 3.06. The molecule has 0 bridgehead atoms. The number of rotatable bonds is 5. The number of thiocarbonyl (C=S) groups is 1. The molecule has 1 N–H and O–H groups in total. The van der Waals surface area contributed by atoms with Gasteiger partial charge in [0.15, 0.2) is 16.6 Å². The maximum Gasteiger partial charge on any atom is 0.265 e. The summed E-state index contributed by atoms with van der Waals surface area (Å²) in [5, 5.41) is 2.71. The van der Waals surface area contributed by atoms with Crippen LogP contribution in [0.2, 0.25) is 0 Å². The standard InChI is InChI=1S/C17H20N2O4S/c1-5-10(2)19-16(21)12(15(20)18-17(19)24)8-11-6-7-13(22-3)14(9-11)23-4/h6-10H,5H2,1-4H3,(H,18,20,24)/b12-8+/t10-/m0/s1. The minimum absolute atomic E-state index is 0.0381. The van der Waals surface area contributed by atoms with Gasteiger partial charge in [-0.05, 0) is 49.3 Å². The van der Waals surface area contributed by atoms with Gasteiger partial charge in [0.25, 0.3) is 11.8 Å². The summed E-state index contributed by atoms with van der Waals surface area (Å²) < 4.78 is 10.4. The molecule has 24 heavy (non-hydrogen) atoms. The molecule has 0 saturated carbocycles. The van der Waals surface area contributed by atoms with Gasteiger partial charge in [-0.2, -0.15) is 0 Å². The van der Waals surface area contributed by atoms with Crippen molar-refractivity contribution in [3.63, 3.8) is 0 Å². The van der Waals surface area contributed by atoms with E-state index in [0.717, 1.165) is 6.42 Å². The van der Waals surface area contributed by atoms with E-state index in [1.165, 1.54) is 18.1 Å². The Balaban J connectivity index is 2.42. The van der Waals surface area contributed by atoms with E-state index in [2.05, 4.69) is 5.32 Å². The van der Waals surface area contributed by atoms with Crippen molar-refractivity contribution in [2.45, 2.75) is 26.3 Å². The van der Waals surface area contributed by atoms with E-state index in [0.29, 0.717) is 17.1 Å². The molecule has 7 heteroatoms. The Morgan fingerprint density at radius 1 is 1.25 bits per heavy atom. The van der Waals surface area contributed by atoms with Gasteiger partial charge >= 0.3 is 0 Å². The minimum Gasteiger partial charge on any atom is -0.493 e. The van der Waals surface area contributed by atoms with Gasteiger partial charge in [-0.25, -0.2) is 0 Å². The molecule has 1 aliphatic heterocycles. The van der Waals surface area contributed by atoms with Crippen LogP contribution in [-0.2, 0) is 9.59 Å². The minimum atomic E-state index is -0.501. The van der Waals surface area contributed by atoms with Gasteiger partial charge in [-0.15, -0.1) is 0 Å². The number of nitrogens with one attached hydrogen (secondary N) is 1. The number of carbonyl (C=O) groups excluding carboxylic acids is 2. The summed E-state index contributed by atoms with van der Waals surface area (Å²) in [6, 6.07) is 5.06. The molecular weight excluding hydrogens is 328 g/mol. The predicted octanol–water partition coefficient (Wildman–Crippen LogP) is 2.13. The molecule has 128 valence electrons. The first kappa shape index (κ1) is 17.9. The number of ether oxygens (including phenoxy) is 2. The maximum absolute atomic E-state index is 12.7. The molecule has 1 atom stereocenters. The van der Waals surface area contributed by atoms with Crippen LogP contribution in [0, 0.1) is 0 Å². The molecule has 1 heterocycles. The van der Waals surface area contributed by atoms with Crippen LogP contribution in [0.1, 0.15) is 25.8 Å². The van der Waals surface area contributed by atoms with Gasteiger partial charge in [-0.3, -0.25) is 19.8 Å². The zero-order valence-electron chi connectivity index (χ0n) is 14.1. The second kappa shape index (κ2) is 7.44. The van der Waals surface area contributed by atoms with Crippen molar-refractivity contribution < 1.29 is 19.1 Å². The van der Waals surface area contributed by atoms with Crippen molar-refractivity contribution in [2.24, 2.45) is 0 Å². The summed E-state index contributed by atoms with van der Waals surface area (Å²) in [6.45, 7) is 3.84. The van der Waals surface area contributed by atoms with Crippen LogP contribution in [0.3, 0.4) is 0 Å². The van der Waals surface area contributed by atoms with E-state index in [1.807, 2.05) is 13.8 Å². The predicted molar refractivity (Wildman–Crippen MR) is 94.9 cm³/mol. The number of benzene rings is 1. The first-order valence-electron chi connectivity index (χ1n) is 7.55. The molecule has 0 aliphatic carbocycles. The van der Waals surface area contributed by atoms with Gasteiger partial charge in [0.05, 0.1) is 14.2 Å². The van der Waals surface area contributed by atoms with Crippen LogP contribution in [-0.4, -0.2) is 42.1 Å². The fraction of sp³-hybridized carbons (Fsp3) is 0.353. The first-order valence-corrected chi connectivity index (χ1v) is 7.96. The molecule has 6 nitrogen and oxygen atoms in total. The highest BCUT2D eigenvalue weighted by molar-refractivity contribution is 7.80. The second-order valence-corrected chi connectivity index (χ2v) is 5.75. The first-order chi connectivity index (χ1) is 11.4. The van der Waals surface area contributed by atoms with Crippen LogP contribution in [0.15, 0.2) is 23.8 Å². The summed E-state index contributed by atoms with van der Waals surface area (Å²) in [5.74, 6) is 0.193. The Bertz CT molecular complexity index is 715. The van der Waals surface area contributed by atoms with Crippen molar-refractivity contribution in [1.82, 2.24) is 10.2 Å². The molecule has 1 saturated heterocycles. The Labute approximate surface area is 146 Å². The lowest BCUT2D eigenvalue weighted by atomic mass is 10.1. The summed E-state index contributed by atoms with van der Waals surface area (Å²) >= 11 is 5.12. The Morgan fingerprint density at radius 3 is 2.50 bits per heavy atom. The molecule has 2 rings (SSSR count). The molecule has 0 spiro atoms. The molecule has 0 aromatic heterocycles. The smallest absolute Gasteiger partial charge is 0.265 e. The number of carbonyl (C=O) groups is 2. The number of nitrogens with zero attached hydrogens (tertiary/aromatic N) is 1. The van der Waals surface area contributed by atoms with Gasteiger partial charge in [0, 0.05) is 6.04 Å². The van der Waals surface area contributed by atoms with Gasteiger partial charge < -0.3 is 9.47 Å². The fourth-order valence-electron chi connectivity index (χ4n) is 2.36. The third-order valence-electron chi connectivity index (χ3n) is 3.88. The van der Waals surface area contributed by atoms with Crippen molar-refractivity contribution in [3.8, 4) is 11.5 Å². The SMILES string of the molecule is CC[C@H](C)N1C(=O)/C(=C/c2ccc(OC)c(OC)c2)C(=O)NC1=S. The highest BCUT2D eigenvalue weighted by Crippen LogP contribution is 2.29. The average Bonchev–Trinajstić information content (AvgIpc) is 2.57. The fourth-order valence-corrected chi connectivity index (χ4v) is 2.72. The van der Waals surface area contributed by atoms with E-state index < -0.39 is 11.8 Å². The number of hydrogen-bond donors (Lipinski definition) is 1. The molecule has 2 amide bonds. The van der Waals surface area contributed by atoms with Crippen LogP contribution in [0.25, 0.3) is 6.08 Å². The van der Waals surface area contributed by atoms with Gasteiger partial charge in [-0.1, -0.05) is 13.0 Å². The largest absolute Gasteiger partial charge is 0.493 e. The van der Waals surface area contributed by atoms with Crippen LogP contribution in [0.5, 0.6) is 11.5 Å². The van der Waals surface area contributed by atoms with E-state index in [4.69, 9.17) is 21.7 Å². The van der Waals surface area contributed by atoms with E-state index in [1.54, 1.807) is 25.3 Å². The Morgan fingerprint density at radius 2 is 1.92 bits per heavy atom. The maximum atomic E-state index is 12.7. The molecule has 1 aromatic rings. The highest BCUT2D eigenvalue weighted by atomic mass is 32.1. The average molecular weight is 348 g/mol. The second-order valence-electron chi connectivity index (χ2n) is 5.36. The Hall–Kier alpha value is -2.41. The molecule has 1 aliphatic rings. The van der Waals surface area contributed by atoms with Crippen molar-refractivity contribution >= 4 is 35.2 Å². The van der Waals surface area contributed by atoms with Crippen LogP contribution >= 0.6 is 12.2 Å². The molecule has 1 aromatic carbocycles. The van der Waals surface area contributed by atoms with Crippen LogP contribution < -0.4 is 14.8 Å². The third kappa shape index (κ3) is 3.41. The lowest BCUT2D eigenvalue weighted by molar-refractivity contribution is -0.130.